The summed E-state index contributed by atoms with van der Waals surface area (Å²) < 4.78 is 1.89. The van der Waals surface area contributed by atoms with E-state index in [9.17, 15) is 9.90 Å². The van der Waals surface area contributed by atoms with Gasteiger partial charge in [0.15, 0.2) is 0 Å². The summed E-state index contributed by atoms with van der Waals surface area (Å²) in [5, 5.41) is 15.0. The lowest BCUT2D eigenvalue weighted by atomic mass is 10.1. The van der Waals surface area contributed by atoms with Crippen LogP contribution >= 0.6 is 8.58 Å². The molecule has 0 aliphatic carbocycles. The fourth-order valence-electron chi connectivity index (χ4n) is 4.87. The first-order valence-electron chi connectivity index (χ1n) is 11.6. The third-order valence-corrected chi connectivity index (χ3v) is 8.10. The zero-order chi connectivity index (χ0) is 23.1. The molecule has 3 atom stereocenters. The Morgan fingerprint density at radius 2 is 2.15 bits per heavy atom. The minimum Gasteiger partial charge on any atom is -0.395 e. The second kappa shape index (κ2) is 9.01. The number of hydrogen-bond donors (Lipinski definition) is 1. The molecule has 1 N–H and O–H groups in total. The topological polar surface area (TPSA) is 77.2 Å². The summed E-state index contributed by atoms with van der Waals surface area (Å²) in [6.07, 6.45) is 10.9. The van der Waals surface area contributed by atoms with Crippen LogP contribution in [0.15, 0.2) is 42.4 Å². The molecule has 5 heterocycles. The van der Waals surface area contributed by atoms with E-state index >= 15 is 0 Å². The van der Waals surface area contributed by atoms with E-state index < -0.39 is 0 Å². The summed E-state index contributed by atoms with van der Waals surface area (Å²) in [6.45, 7) is 9.87. The van der Waals surface area contributed by atoms with Crippen molar-refractivity contribution in [2.45, 2.75) is 39.0 Å². The second-order valence-corrected chi connectivity index (χ2v) is 10.3. The van der Waals surface area contributed by atoms with Crippen molar-refractivity contribution in [1.82, 2.24) is 29.3 Å². The Morgan fingerprint density at radius 3 is 2.91 bits per heavy atom. The maximum absolute atomic E-state index is 13.1. The highest BCUT2D eigenvalue weighted by molar-refractivity contribution is 7.51. The van der Waals surface area contributed by atoms with E-state index in [1.165, 1.54) is 0 Å². The predicted molar refractivity (Wildman–Crippen MR) is 131 cm³/mol. The molecule has 0 bridgehead atoms. The maximum Gasteiger partial charge on any atom is 0.252 e. The summed E-state index contributed by atoms with van der Waals surface area (Å²) in [5.41, 5.74) is 4.92. The van der Waals surface area contributed by atoms with Gasteiger partial charge in [0.25, 0.3) is 5.91 Å². The number of aliphatic hydroxyl groups excluding tert-OH is 1. The van der Waals surface area contributed by atoms with Crippen molar-refractivity contribution in [2.24, 2.45) is 0 Å². The van der Waals surface area contributed by atoms with Gasteiger partial charge >= 0.3 is 0 Å². The van der Waals surface area contributed by atoms with E-state index in [1.54, 1.807) is 6.08 Å². The fraction of sp³-hybridized carbons (Fsp3) is 0.458. The molecule has 0 aromatic carbocycles. The summed E-state index contributed by atoms with van der Waals surface area (Å²) >= 11 is 0. The van der Waals surface area contributed by atoms with Gasteiger partial charge in [0.05, 0.1) is 46.9 Å². The number of aliphatic hydroxyl groups is 1. The Labute approximate surface area is 196 Å². The molecule has 5 rings (SSSR count). The van der Waals surface area contributed by atoms with Gasteiger partial charge in [0, 0.05) is 49.8 Å². The summed E-state index contributed by atoms with van der Waals surface area (Å²) in [4.78, 5) is 24.3. The van der Waals surface area contributed by atoms with Crippen molar-refractivity contribution in [3.63, 3.8) is 0 Å². The smallest absolute Gasteiger partial charge is 0.252 e. The Kier molecular flexibility index (Phi) is 6.08. The van der Waals surface area contributed by atoms with Crippen molar-refractivity contribution >= 4 is 25.3 Å². The molecule has 3 aliphatic rings. The van der Waals surface area contributed by atoms with E-state index in [-0.39, 0.29) is 18.3 Å². The Morgan fingerprint density at radius 1 is 1.30 bits per heavy atom. The average Bonchev–Trinajstić information content (AvgIpc) is 3.24. The molecule has 0 radical (unpaired) electrons. The van der Waals surface area contributed by atoms with E-state index in [0.717, 1.165) is 59.7 Å². The maximum atomic E-state index is 13.1. The Bertz CT molecular complexity index is 1170. The largest absolute Gasteiger partial charge is 0.395 e. The van der Waals surface area contributed by atoms with Crippen molar-refractivity contribution in [1.29, 1.82) is 0 Å². The third-order valence-electron chi connectivity index (χ3n) is 6.63. The molecule has 2 aromatic heterocycles. The number of β-amino-alcohol motifs (C(OH)–C–C–N with tert-alkyl or cyclic N) is 1. The molecule has 2 unspecified atom stereocenters. The highest BCUT2D eigenvalue weighted by Gasteiger charge is 2.32. The number of carbonyl (C=O) groups is 1. The fourth-order valence-corrected chi connectivity index (χ4v) is 6.20. The molecule has 1 saturated heterocycles. The van der Waals surface area contributed by atoms with Gasteiger partial charge in [-0.1, -0.05) is 21.6 Å². The number of fused-ring (bicyclic) bond motifs is 2. The molecule has 2 aromatic rings. The first-order valence-corrected chi connectivity index (χ1v) is 12.7. The summed E-state index contributed by atoms with van der Waals surface area (Å²) in [5.74, 6) is 0.0364. The molecule has 0 saturated carbocycles. The molecule has 0 spiro atoms. The van der Waals surface area contributed by atoms with Crippen LogP contribution < -0.4 is 0 Å². The highest BCUT2D eigenvalue weighted by Crippen LogP contribution is 2.44. The predicted octanol–water partition coefficient (Wildman–Crippen LogP) is 2.20. The lowest BCUT2D eigenvalue weighted by Crippen LogP contribution is -2.52. The molecule has 9 heteroatoms. The molecule has 8 nitrogen and oxygen atoms in total. The lowest BCUT2D eigenvalue weighted by molar-refractivity contribution is -0.123. The van der Waals surface area contributed by atoms with Gasteiger partial charge in [-0.25, -0.2) is 4.52 Å². The van der Waals surface area contributed by atoms with Gasteiger partial charge in [0.2, 0.25) is 0 Å². The van der Waals surface area contributed by atoms with Crippen LogP contribution in [0.4, 0.5) is 0 Å². The molecular formula is C24H31N6O2P. The van der Waals surface area contributed by atoms with E-state index in [1.807, 2.05) is 28.7 Å². The van der Waals surface area contributed by atoms with Crippen molar-refractivity contribution in [2.75, 3.05) is 32.8 Å². The number of allylic oxidation sites excluding steroid dienone is 1. The number of aromatic nitrogens is 3. The van der Waals surface area contributed by atoms with Crippen LogP contribution in [-0.2, 0) is 11.2 Å². The van der Waals surface area contributed by atoms with Gasteiger partial charge in [-0.2, -0.15) is 5.10 Å². The minimum absolute atomic E-state index is 0.00430. The van der Waals surface area contributed by atoms with Gasteiger partial charge in [0.1, 0.15) is 0 Å². The van der Waals surface area contributed by atoms with Gasteiger partial charge < -0.3 is 14.9 Å². The molecule has 3 aliphatic heterocycles. The number of nitrogens with zero attached hydrogens (tertiary/aromatic N) is 6. The quantitative estimate of drug-likeness (QED) is 0.681. The van der Waals surface area contributed by atoms with Crippen LogP contribution in [0.5, 0.6) is 0 Å². The zero-order valence-corrected chi connectivity index (χ0v) is 20.4. The second-order valence-electron chi connectivity index (χ2n) is 8.90. The molecule has 1 fully saturated rings. The van der Waals surface area contributed by atoms with E-state index in [4.69, 9.17) is 5.10 Å². The number of piperazine rings is 1. The monoisotopic (exact) mass is 466 g/mol. The number of aryl methyl sites for hydroxylation is 2. The number of carbonyl (C=O) groups excluding carboxylic acids is 1. The van der Waals surface area contributed by atoms with Crippen LogP contribution in [0.3, 0.4) is 0 Å². The molecular weight excluding hydrogens is 435 g/mol. The standard InChI is InChI=1S/C24H31N6O2P/c1-4-19-21-11-20(26-30(21)13-16(2)25-19)22-12-23(32)29-15-18(5-6-24(29)33-22)28-8-7-27(9-10-31)17(3)14-28/h5-6,11-13,15,17,24,31,33H,4,7-10,14H2,1-3H3/t17-,24?/m1/s1. The molecule has 174 valence electrons. The molecule has 1 amide bonds. The van der Waals surface area contributed by atoms with E-state index in [2.05, 4.69) is 46.8 Å². The SMILES string of the molecule is CCc1nc(C)cn2nc(C3=CC(=O)N4C=C(N5CCN(CCO)[C@H](C)C5)C=CC4P3)cc12. The molecule has 33 heavy (non-hydrogen) atoms. The average molecular weight is 467 g/mol. The lowest BCUT2D eigenvalue weighted by Gasteiger charge is -2.43. The van der Waals surface area contributed by atoms with Crippen LogP contribution in [-0.4, -0.2) is 84.9 Å². The number of hydrogen-bond acceptors (Lipinski definition) is 6. The van der Waals surface area contributed by atoms with Gasteiger partial charge in [-0.05, 0) is 32.4 Å². The minimum atomic E-state index is 0.00430. The first kappa shape index (κ1) is 22.3. The van der Waals surface area contributed by atoms with Gasteiger partial charge in [-0.15, -0.1) is 0 Å². The van der Waals surface area contributed by atoms with Crippen molar-refractivity contribution in [3.05, 3.63) is 59.5 Å². The Balaban J connectivity index is 1.36. The number of amides is 1. The third kappa shape index (κ3) is 4.23. The summed E-state index contributed by atoms with van der Waals surface area (Å²) in [7, 11) is 0.439. The van der Waals surface area contributed by atoms with Crippen LogP contribution in [0, 0.1) is 6.92 Å². The van der Waals surface area contributed by atoms with Gasteiger partial charge in [-0.3, -0.25) is 14.7 Å². The Hall–Kier alpha value is -2.54. The van der Waals surface area contributed by atoms with E-state index in [0.29, 0.717) is 21.2 Å². The van der Waals surface area contributed by atoms with Crippen molar-refractivity contribution < 1.29 is 9.90 Å². The number of rotatable bonds is 5. The summed E-state index contributed by atoms with van der Waals surface area (Å²) in [6, 6.07) is 2.43. The van der Waals surface area contributed by atoms with Crippen LogP contribution in [0.25, 0.3) is 10.8 Å². The first-order chi connectivity index (χ1) is 16.0. The zero-order valence-electron chi connectivity index (χ0n) is 19.4. The highest BCUT2D eigenvalue weighted by atomic mass is 31.1. The van der Waals surface area contributed by atoms with Crippen molar-refractivity contribution in [3.8, 4) is 0 Å². The van der Waals surface area contributed by atoms with Crippen LogP contribution in [0.2, 0.25) is 0 Å². The van der Waals surface area contributed by atoms with Crippen LogP contribution in [0.1, 0.15) is 30.9 Å². The normalized spacial score (nSPS) is 24.4.